The Balaban J connectivity index is 1.24. The van der Waals surface area contributed by atoms with Gasteiger partial charge in [0.05, 0.1) is 18.0 Å². The van der Waals surface area contributed by atoms with Gasteiger partial charge in [-0.2, -0.15) is 0 Å². The Morgan fingerprint density at radius 2 is 1.73 bits per heavy atom. The third-order valence-electron chi connectivity index (χ3n) is 7.56. The molecule has 0 bridgehead atoms. The highest BCUT2D eigenvalue weighted by Gasteiger charge is 2.24. The van der Waals surface area contributed by atoms with Crippen LogP contribution in [0.4, 0.5) is 0 Å². The topological polar surface area (TPSA) is 80.2 Å². The van der Waals surface area contributed by atoms with Gasteiger partial charge in [0.1, 0.15) is 16.8 Å². The van der Waals surface area contributed by atoms with Crippen molar-refractivity contribution in [2.24, 2.45) is 5.92 Å². The van der Waals surface area contributed by atoms with Gasteiger partial charge in [-0.3, -0.25) is 14.2 Å². The van der Waals surface area contributed by atoms with Gasteiger partial charge in [0.15, 0.2) is 5.16 Å². The van der Waals surface area contributed by atoms with Crippen LogP contribution in [0.5, 0.6) is 5.75 Å². The summed E-state index contributed by atoms with van der Waals surface area (Å²) in [5, 5.41) is 1.39. The van der Waals surface area contributed by atoms with Crippen LogP contribution in [0.1, 0.15) is 25.3 Å². The number of aromatic amines is 1. The second kappa shape index (κ2) is 11.6. The van der Waals surface area contributed by atoms with Crippen LogP contribution in [0.25, 0.3) is 27.6 Å². The summed E-state index contributed by atoms with van der Waals surface area (Å²) in [6.07, 6.45) is 3.06. The van der Waals surface area contributed by atoms with Crippen LogP contribution in [0.2, 0.25) is 0 Å². The van der Waals surface area contributed by atoms with E-state index in [4.69, 9.17) is 9.72 Å². The molecule has 5 aromatic rings. The molecule has 3 heterocycles. The molecule has 0 saturated carbocycles. The summed E-state index contributed by atoms with van der Waals surface area (Å²) in [6, 6.07) is 25.7. The highest BCUT2D eigenvalue weighted by Crippen LogP contribution is 2.28. The maximum absolute atomic E-state index is 13.8. The molecule has 1 aliphatic heterocycles. The summed E-state index contributed by atoms with van der Waals surface area (Å²) in [5.74, 6) is 1.63. The van der Waals surface area contributed by atoms with E-state index in [0.717, 1.165) is 49.0 Å². The molecule has 0 spiro atoms. The minimum atomic E-state index is -0.193. The Kier molecular flexibility index (Phi) is 7.60. The van der Waals surface area contributed by atoms with E-state index in [2.05, 4.69) is 29.2 Å². The summed E-state index contributed by atoms with van der Waals surface area (Å²) in [4.78, 5) is 37.2. The predicted molar refractivity (Wildman–Crippen MR) is 161 cm³/mol. The van der Waals surface area contributed by atoms with Gasteiger partial charge in [-0.15, -0.1) is 0 Å². The minimum absolute atomic E-state index is 0.0784. The van der Waals surface area contributed by atoms with Crippen molar-refractivity contribution in [3.8, 4) is 11.4 Å². The molecule has 7 nitrogen and oxygen atoms in total. The fourth-order valence-corrected chi connectivity index (χ4v) is 6.38. The van der Waals surface area contributed by atoms with Crippen molar-refractivity contribution < 1.29 is 9.53 Å². The molecule has 3 aromatic carbocycles. The number of fused-ring (bicyclic) bond motifs is 3. The smallest absolute Gasteiger partial charge is 0.283 e. The van der Waals surface area contributed by atoms with Gasteiger partial charge >= 0.3 is 0 Å². The Morgan fingerprint density at radius 1 is 1.00 bits per heavy atom. The zero-order chi connectivity index (χ0) is 27.5. The molecule has 1 N–H and O–H groups in total. The van der Waals surface area contributed by atoms with Crippen LogP contribution in [-0.4, -0.2) is 50.8 Å². The summed E-state index contributed by atoms with van der Waals surface area (Å²) in [7, 11) is 0. The number of benzene rings is 3. The van der Waals surface area contributed by atoms with Gasteiger partial charge in [0.2, 0.25) is 5.91 Å². The maximum Gasteiger partial charge on any atom is 0.283 e. The number of amides is 1. The van der Waals surface area contributed by atoms with Gasteiger partial charge in [-0.25, -0.2) is 4.98 Å². The zero-order valence-electron chi connectivity index (χ0n) is 22.5. The number of nitrogens with one attached hydrogen (secondary N) is 1. The van der Waals surface area contributed by atoms with E-state index in [9.17, 15) is 9.59 Å². The Hall–Kier alpha value is -4.04. The monoisotopic (exact) mass is 552 g/mol. The minimum Gasteiger partial charge on any atom is -0.494 e. The zero-order valence-corrected chi connectivity index (χ0v) is 23.3. The Bertz CT molecular complexity index is 1690. The number of hydrogen-bond acceptors (Lipinski definition) is 5. The number of H-pyrrole nitrogens is 1. The van der Waals surface area contributed by atoms with E-state index >= 15 is 0 Å². The molecule has 0 radical (unpaired) electrons. The van der Waals surface area contributed by atoms with Crippen LogP contribution in [0, 0.1) is 5.92 Å². The Morgan fingerprint density at radius 3 is 2.48 bits per heavy atom. The van der Waals surface area contributed by atoms with Crippen molar-refractivity contribution in [3.63, 3.8) is 0 Å². The summed E-state index contributed by atoms with van der Waals surface area (Å²) >= 11 is 1.32. The molecule has 1 fully saturated rings. The highest BCUT2D eigenvalue weighted by molar-refractivity contribution is 7.99. The number of ether oxygens (including phenoxy) is 1. The quantitative estimate of drug-likeness (QED) is 0.193. The second-order valence-corrected chi connectivity index (χ2v) is 11.1. The second-order valence-electron chi connectivity index (χ2n) is 10.2. The van der Waals surface area contributed by atoms with E-state index in [0.29, 0.717) is 34.4 Å². The summed E-state index contributed by atoms with van der Waals surface area (Å²) in [5.41, 5.74) is 3.77. The lowest BCUT2D eigenvalue weighted by Crippen LogP contribution is -2.40. The number of thioether (sulfide) groups is 1. The normalized spacial score (nSPS) is 14.2. The SMILES string of the molecule is CCOc1ccc(-n2c(SCC(=O)N3CCC(Cc4ccccc4)CC3)nc3c([nH]c4ccccc43)c2=O)cc1. The fraction of sp³-hybridized carbons (Fsp3) is 0.281. The molecule has 1 saturated heterocycles. The number of piperidine rings is 1. The summed E-state index contributed by atoms with van der Waals surface area (Å²) < 4.78 is 7.18. The van der Waals surface area contributed by atoms with E-state index in [-0.39, 0.29) is 17.2 Å². The number of para-hydroxylation sites is 1. The maximum atomic E-state index is 13.8. The molecule has 6 rings (SSSR count). The van der Waals surface area contributed by atoms with Crippen LogP contribution >= 0.6 is 11.8 Å². The fourth-order valence-electron chi connectivity index (χ4n) is 5.48. The lowest BCUT2D eigenvalue weighted by Gasteiger charge is -2.32. The largest absolute Gasteiger partial charge is 0.494 e. The van der Waals surface area contributed by atoms with Crippen LogP contribution in [0.15, 0.2) is 88.8 Å². The molecule has 8 heteroatoms. The lowest BCUT2D eigenvalue weighted by atomic mass is 9.90. The molecular weight excluding hydrogens is 520 g/mol. The first kappa shape index (κ1) is 26.2. The third-order valence-corrected chi connectivity index (χ3v) is 8.48. The molecule has 40 heavy (non-hydrogen) atoms. The van der Waals surface area contributed by atoms with Gasteiger partial charge in [-0.05, 0) is 68.0 Å². The number of hydrogen-bond donors (Lipinski definition) is 1. The first-order valence-corrected chi connectivity index (χ1v) is 14.8. The van der Waals surface area contributed by atoms with E-state index in [1.807, 2.05) is 66.4 Å². The number of carbonyl (C=O) groups is 1. The summed E-state index contributed by atoms with van der Waals surface area (Å²) in [6.45, 7) is 4.02. The number of nitrogens with zero attached hydrogens (tertiary/aromatic N) is 3. The van der Waals surface area contributed by atoms with Crippen LogP contribution < -0.4 is 10.3 Å². The van der Waals surface area contributed by atoms with Crippen LogP contribution in [0.3, 0.4) is 0 Å². The van der Waals surface area contributed by atoms with E-state index in [1.165, 1.54) is 17.3 Å². The molecule has 0 unspecified atom stereocenters. The van der Waals surface area contributed by atoms with Crippen molar-refractivity contribution in [1.82, 2.24) is 19.4 Å². The number of carbonyl (C=O) groups excluding carboxylic acids is 1. The van der Waals surface area contributed by atoms with Crippen molar-refractivity contribution in [3.05, 3.63) is 94.8 Å². The van der Waals surface area contributed by atoms with Crippen molar-refractivity contribution in [1.29, 1.82) is 0 Å². The first-order valence-electron chi connectivity index (χ1n) is 13.8. The van der Waals surface area contributed by atoms with Gasteiger partial charge in [0.25, 0.3) is 5.56 Å². The lowest BCUT2D eigenvalue weighted by molar-refractivity contribution is -0.129. The van der Waals surface area contributed by atoms with E-state index in [1.54, 1.807) is 4.57 Å². The molecule has 1 amide bonds. The van der Waals surface area contributed by atoms with Gasteiger partial charge in [0, 0.05) is 24.0 Å². The molecule has 0 atom stereocenters. The van der Waals surface area contributed by atoms with Gasteiger partial charge < -0.3 is 14.6 Å². The van der Waals surface area contributed by atoms with Gasteiger partial charge in [-0.1, -0.05) is 60.3 Å². The molecule has 1 aliphatic rings. The Labute approximate surface area is 237 Å². The predicted octanol–water partition coefficient (Wildman–Crippen LogP) is 5.84. The molecule has 2 aromatic heterocycles. The number of likely N-dealkylation sites (tertiary alicyclic amines) is 1. The van der Waals surface area contributed by atoms with Crippen molar-refractivity contribution in [2.45, 2.75) is 31.3 Å². The molecular formula is C32H32N4O3S. The molecule has 0 aliphatic carbocycles. The van der Waals surface area contributed by atoms with Crippen molar-refractivity contribution in [2.75, 3.05) is 25.4 Å². The third kappa shape index (κ3) is 5.36. The number of rotatable bonds is 8. The number of aromatic nitrogens is 3. The average Bonchev–Trinajstić information content (AvgIpc) is 3.37. The average molecular weight is 553 g/mol. The standard InChI is InChI=1S/C32H32N4O3S/c1-2-39-25-14-12-24(13-15-25)36-31(38)30-29(26-10-6-7-11-27(26)33-30)34-32(36)40-21-28(37)35-18-16-23(17-19-35)20-22-8-4-3-5-9-22/h3-15,23,33H,2,16-21H2,1H3. The highest BCUT2D eigenvalue weighted by atomic mass is 32.2. The van der Waals surface area contributed by atoms with Crippen molar-refractivity contribution >= 4 is 39.6 Å². The molecule has 204 valence electrons. The van der Waals surface area contributed by atoms with Crippen LogP contribution in [-0.2, 0) is 11.2 Å². The van der Waals surface area contributed by atoms with E-state index < -0.39 is 0 Å². The first-order chi connectivity index (χ1) is 19.6.